The number of carbonyl (C=O) groups is 2. The second kappa shape index (κ2) is 10.2. The number of rotatable bonds is 6. The summed E-state index contributed by atoms with van der Waals surface area (Å²) >= 11 is 0. The number of hydrogen-bond donors (Lipinski definition) is 2. The Morgan fingerprint density at radius 1 is 1.03 bits per heavy atom. The van der Waals surface area contributed by atoms with Crippen molar-refractivity contribution in [2.75, 3.05) is 18.4 Å². The third-order valence-corrected chi connectivity index (χ3v) is 5.38. The van der Waals surface area contributed by atoms with Gasteiger partial charge >= 0.3 is 12.2 Å². The maximum absolute atomic E-state index is 13.9. The van der Waals surface area contributed by atoms with E-state index in [0.29, 0.717) is 35.5 Å². The van der Waals surface area contributed by atoms with Crippen molar-refractivity contribution in [3.63, 3.8) is 0 Å². The van der Waals surface area contributed by atoms with Crippen molar-refractivity contribution >= 4 is 17.9 Å². The van der Waals surface area contributed by atoms with E-state index in [-0.39, 0.29) is 13.2 Å². The molecule has 0 aliphatic carbocycles. The highest BCUT2D eigenvalue weighted by Gasteiger charge is 2.28. The highest BCUT2D eigenvalue weighted by Crippen LogP contribution is 2.35. The fraction of sp³-hybridized carbons (Fsp3) is 0.200. The Hall–Kier alpha value is -4.14. The van der Waals surface area contributed by atoms with Gasteiger partial charge in [-0.15, -0.1) is 0 Å². The van der Waals surface area contributed by atoms with Crippen molar-refractivity contribution in [1.29, 1.82) is 0 Å². The van der Waals surface area contributed by atoms with E-state index in [2.05, 4.69) is 5.32 Å². The second-order valence-corrected chi connectivity index (χ2v) is 7.78. The number of halogens is 2. The molecule has 1 aliphatic heterocycles. The number of carboxylic acid groups (broad SMARTS) is 1. The van der Waals surface area contributed by atoms with E-state index in [9.17, 15) is 18.4 Å². The quantitative estimate of drug-likeness (QED) is 0.498. The highest BCUT2D eigenvalue weighted by atomic mass is 19.2. The molecule has 1 fully saturated rings. The highest BCUT2D eigenvalue weighted by molar-refractivity contribution is 5.87. The van der Waals surface area contributed by atoms with E-state index in [1.54, 1.807) is 18.2 Å². The summed E-state index contributed by atoms with van der Waals surface area (Å²) in [4.78, 5) is 24.7. The normalized spacial score (nSPS) is 15.1. The van der Waals surface area contributed by atoms with Gasteiger partial charge < -0.3 is 19.5 Å². The maximum atomic E-state index is 13.9. The van der Waals surface area contributed by atoms with Crippen LogP contribution in [-0.4, -0.2) is 41.4 Å². The fourth-order valence-corrected chi connectivity index (χ4v) is 3.65. The average molecular weight is 468 g/mol. The number of likely N-dealkylation sites (tertiary alicyclic amines) is 1. The first-order chi connectivity index (χ1) is 16.4. The number of ether oxygens (including phenoxy) is 2. The molecule has 0 radical (unpaired) electrons. The molecule has 1 unspecified atom stereocenters. The molecule has 0 aromatic heterocycles. The molecule has 4 rings (SSSR count). The van der Waals surface area contributed by atoms with Crippen LogP contribution in [0.5, 0.6) is 5.75 Å². The number of hydrogen-bond acceptors (Lipinski definition) is 4. The lowest BCUT2D eigenvalue weighted by Gasteiger charge is -2.18. The van der Waals surface area contributed by atoms with Crippen molar-refractivity contribution < 1.29 is 33.0 Å². The molecule has 2 amide bonds. The first-order valence-corrected chi connectivity index (χ1v) is 10.6. The van der Waals surface area contributed by atoms with Crippen LogP contribution in [0.2, 0.25) is 0 Å². The number of nitrogens with zero attached hydrogens (tertiary/aromatic N) is 1. The summed E-state index contributed by atoms with van der Waals surface area (Å²) in [6.07, 6.45) is -1.60. The largest absolute Gasteiger partial charge is 0.488 e. The summed E-state index contributed by atoms with van der Waals surface area (Å²) in [5.41, 5.74) is 1.94. The molecule has 0 spiro atoms. The van der Waals surface area contributed by atoms with Crippen molar-refractivity contribution in [1.82, 2.24) is 4.90 Å². The van der Waals surface area contributed by atoms with Crippen LogP contribution in [0.25, 0.3) is 11.1 Å². The zero-order valence-corrected chi connectivity index (χ0v) is 18.0. The summed E-state index contributed by atoms with van der Waals surface area (Å²) in [6.45, 7) is 0.622. The number of nitrogens with one attached hydrogen (secondary N) is 1. The number of anilines is 1. The van der Waals surface area contributed by atoms with Gasteiger partial charge in [-0.1, -0.05) is 36.4 Å². The average Bonchev–Trinajstić information content (AvgIpc) is 3.30. The molecule has 1 heterocycles. The van der Waals surface area contributed by atoms with Crippen LogP contribution >= 0.6 is 0 Å². The van der Waals surface area contributed by atoms with Crippen LogP contribution in [0.3, 0.4) is 0 Å². The first-order valence-electron chi connectivity index (χ1n) is 10.6. The minimum Gasteiger partial charge on any atom is -0.488 e. The smallest absolute Gasteiger partial charge is 0.411 e. The molecule has 9 heteroatoms. The van der Waals surface area contributed by atoms with Gasteiger partial charge in [-0.05, 0) is 41.5 Å². The van der Waals surface area contributed by atoms with E-state index in [0.717, 1.165) is 17.7 Å². The molecule has 1 saturated heterocycles. The van der Waals surface area contributed by atoms with Crippen molar-refractivity contribution in [3.8, 4) is 16.9 Å². The molecule has 3 aromatic carbocycles. The molecule has 7 nitrogen and oxygen atoms in total. The van der Waals surface area contributed by atoms with Crippen molar-refractivity contribution in [2.24, 2.45) is 0 Å². The van der Waals surface area contributed by atoms with Crippen LogP contribution in [0.4, 0.5) is 24.1 Å². The molecule has 0 saturated carbocycles. The van der Waals surface area contributed by atoms with E-state index in [1.165, 1.54) is 11.0 Å². The molecule has 1 aliphatic rings. The molecule has 2 N–H and O–H groups in total. The number of carbonyl (C=O) groups excluding carboxylic acids is 1. The Labute approximate surface area is 194 Å². The van der Waals surface area contributed by atoms with Crippen LogP contribution in [0.15, 0.2) is 66.7 Å². The van der Waals surface area contributed by atoms with E-state index < -0.39 is 29.9 Å². The minimum atomic E-state index is -1.03. The minimum absolute atomic E-state index is 0.0889. The van der Waals surface area contributed by atoms with Crippen LogP contribution in [-0.2, 0) is 11.3 Å². The zero-order chi connectivity index (χ0) is 24.1. The summed E-state index contributed by atoms with van der Waals surface area (Å²) in [5.74, 6) is -1.66. The fourth-order valence-electron chi connectivity index (χ4n) is 3.65. The zero-order valence-electron chi connectivity index (χ0n) is 18.0. The third kappa shape index (κ3) is 5.61. The Kier molecular flexibility index (Phi) is 6.91. The van der Waals surface area contributed by atoms with E-state index >= 15 is 0 Å². The second-order valence-electron chi connectivity index (χ2n) is 7.78. The predicted molar refractivity (Wildman–Crippen MR) is 121 cm³/mol. The molecule has 3 aromatic rings. The predicted octanol–water partition coefficient (Wildman–Crippen LogP) is 5.51. The van der Waals surface area contributed by atoms with Gasteiger partial charge in [-0.2, -0.15) is 0 Å². The summed E-state index contributed by atoms with van der Waals surface area (Å²) in [6, 6.07) is 17.4. The van der Waals surface area contributed by atoms with Gasteiger partial charge in [-0.25, -0.2) is 18.4 Å². The topological polar surface area (TPSA) is 88.1 Å². The number of amides is 2. The van der Waals surface area contributed by atoms with Crippen LogP contribution < -0.4 is 10.1 Å². The molecule has 0 bridgehead atoms. The summed E-state index contributed by atoms with van der Waals surface area (Å²) < 4.78 is 38.7. The summed E-state index contributed by atoms with van der Waals surface area (Å²) in [5, 5.41) is 11.8. The molecular weight excluding hydrogens is 446 g/mol. The van der Waals surface area contributed by atoms with Crippen molar-refractivity contribution in [3.05, 3.63) is 83.9 Å². The molecule has 1 atom stereocenters. The summed E-state index contributed by atoms with van der Waals surface area (Å²) in [7, 11) is 0. The van der Waals surface area contributed by atoms with Gasteiger partial charge in [0.05, 0.1) is 6.54 Å². The van der Waals surface area contributed by atoms with Crippen LogP contribution in [0.1, 0.15) is 12.0 Å². The monoisotopic (exact) mass is 468 g/mol. The Bertz CT molecular complexity index is 1190. The standard InChI is InChI=1S/C25H22F2N2O5/c26-21-8-6-17(12-22(21)27)20-13-18(28-24(30)33-15-16-4-2-1-3-5-16)7-9-23(20)34-19-10-11-29(14-19)25(31)32/h1-9,12-13,19H,10-11,14-15H2,(H,28,30)(H,31,32). The molecule has 176 valence electrons. The Morgan fingerprint density at radius 3 is 2.53 bits per heavy atom. The van der Waals surface area contributed by atoms with Crippen LogP contribution in [0, 0.1) is 11.6 Å². The Morgan fingerprint density at radius 2 is 1.82 bits per heavy atom. The lowest BCUT2D eigenvalue weighted by molar-refractivity contribution is 0.145. The van der Waals surface area contributed by atoms with E-state index in [1.807, 2.05) is 30.3 Å². The van der Waals surface area contributed by atoms with E-state index in [4.69, 9.17) is 14.6 Å². The van der Waals surface area contributed by atoms with Gasteiger partial charge in [0, 0.05) is 24.2 Å². The molecular formula is C25H22F2N2O5. The number of benzene rings is 3. The maximum Gasteiger partial charge on any atom is 0.411 e. The molecule has 34 heavy (non-hydrogen) atoms. The third-order valence-electron chi connectivity index (χ3n) is 5.38. The van der Waals surface area contributed by atoms with Gasteiger partial charge in [-0.3, -0.25) is 5.32 Å². The van der Waals surface area contributed by atoms with Gasteiger partial charge in [0.1, 0.15) is 18.5 Å². The first kappa shape index (κ1) is 23.0. The Balaban J connectivity index is 1.54. The lowest BCUT2D eigenvalue weighted by atomic mass is 10.0. The van der Waals surface area contributed by atoms with Gasteiger partial charge in [0.15, 0.2) is 11.6 Å². The van der Waals surface area contributed by atoms with Gasteiger partial charge in [0.2, 0.25) is 0 Å². The van der Waals surface area contributed by atoms with Gasteiger partial charge in [0.25, 0.3) is 0 Å². The lowest BCUT2D eigenvalue weighted by Crippen LogP contribution is -2.29. The SMILES string of the molecule is O=C(Nc1ccc(OC2CCN(C(=O)O)C2)c(-c2ccc(F)c(F)c2)c1)OCc1ccccc1. The van der Waals surface area contributed by atoms with Crippen molar-refractivity contribution in [2.45, 2.75) is 19.1 Å².